The quantitative estimate of drug-likeness (QED) is 0.504. The van der Waals surface area contributed by atoms with E-state index in [4.69, 9.17) is 0 Å². The molecule has 0 N–H and O–H groups in total. The Hall–Kier alpha value is -1.59. The number of hydrogen-bond donors (Lipinski definition) is 0. The van der Waals surface area contributed by atoms with Gasteiger partial charge in [0.25, 0.3) is 0 Å². The van der Waals surface area contributed by atoms with Crippen LogP contribution in [0.25, 0.3) is 11.2 Å². The van der Waals surface area contributed by atoms with E-state index >= 15 is 0 Å². The van der Waals surface area contributed by atoms with Crippen LogP contribution in [0.1, 0.15) is 5.69 Å². The molecule has 56 valence electrons. The molecule has 0 amide bonds. The lowest BCUT2D eigenvalue weighted by Crippen LogP contribution is -1.96. The van der Waals surface area contributed by atoms with Crippen LogP contribution in [0, 0.1) is 6.92 Å². The van der Waals surface area contributed by atoms with Crippen LogP contribution in [0.4, 0.5) is 0 Å². The second kappa shape index (κ2) is 1.94. The van der Waals surface area contributed by atoms with Crippen LogP contribution in [0.15, 0.2) is 0 Å². The molecule has 0 aliphatic rings. The number of fused-ring (bicyclic) bond motifs is 1. The van der Waals surface area contributed by atoms with Crippen molar-refractivity contribution in [3.63, 3.8) is 0 Å². The van der Waals surface area contributed by atoms with Gasteiger partial charge >= 0.3 is 0 Å². The van der Waals surface area contributed by atoms with Crippen molar-refractivity contribution in [1.82, 2.24) is 30.4 Å². The molecule has 0 spiro atoms. The fourth-order valence-electron chi connectivity index (χ4n) is 0.878. The highest BCUT2D eigenvalue weighted by atomic mass is 15.5. The topological polar surface area (TPSA) is 69.4 Å². The van der Waals surface area contributed by atoms with Crippen molar-refractivity contribution in [1.29, 1.82) is 0 Å². The van der Waals surface area contributed by atoms with E-state index in [0.717, 1.165) is 5.69 Å². The molecule has 2 rings (SSSR count). The third kappa shape index (κ3) is 0.754. The fraction of sp³-hybridized carbons (Fsp3) is 0.400. The predicted molar refractivity (Wildman–Crippen MR) is 36.6 cm³/mol. The minimum absolute atomic E-state index is 0.664. The molecule has 0 aliphatic carbocycles. The smallest absolute Gasteiger partial charge is 0.204 e. The molecule has 2 aromatic rings. The largest absolute Gasteiger partial charge is 0.229 e. The van der Waals surface area contributed by atoms with Gasteiger partial charge in [0.2, 0.25) is 5.65 Å². The molecule has 0 unspecified atom stereocenters. The Morgan fingerprint density at radius 2 is 2.00 bits per heavy atom. The number of aromatic nitrogens is 6. The van der Waals surface area contributed by atoms with Gasteiger partial charge in [-0.05, 0) is 12.1 Å². The molecular formula is C5H6N6. The third-order valence-corrected chi connectivity index (χ3v) is 1.47. The molecule has 6 heteroatoms. The zero-order valence-corrected chi connectivity index (χ0v) is 6.18. The zero-order valence-electron chi connectivity index (χ0n) is 6.18. The van der Waals surface area contributed by atoms with Gasteiger partial charge in [0.05, 0.1) is 5.69 Å². The van der Waals surface area contributed by atoms with E-state index < -0.39 is 0 Å². The Morgan fingerprint density at radius 1 is 1.18 bits per heavy atom. The second-order valence-electron chi connectivity index (χ2n) is 2.26. The van der Waals surface area contributed by atoms with E-state index in [1.807, 2.05) is 6.92 Å². The number of hydrogen-bond acceptors (Lipinski definition) is 5. The second-order valence-corrected chi connectivity index (χ2v) is 2.26. The van der Waals surface area contributed by atoms with Crippen LogP contribution in [-0.2, 0) is 7.05 Å². The van der Waals surface area contributed by atoms with Gasteiger partial charge in [0.1, 0.15) is 0 Å². The van der Waals surface area contributed by atoms with E-state index in [1.165, 1.54) is 0 Å². The van der Waals surface area contributed by atoms with Crippen molar-refractivity contribution >= 4 is 11.2 Å². The zero-order chi connectivity index (χ0) is 7.84. The summed E-state index contributed by atoms with van der Waals surface area (Å²) in [4.78, 5) is 0. The minimum atomic E-state index is 0.664. The molecule has 2 heterocycles. The average Bonchev–Trinajstić information content (AvgIpc) is 2.35. The van der Waals surface area contributed by atoms with Crippen molar-refractivity contribution in [2.75, 3.05) is 0 Å². The monoisotopic (exact) mass is 150 g/mol. The van der Waals surface area contributed by atoms with Gasteiger partial charge in [-0.15, -0.1) is 15.3 Å². The van der Waals surface area contributed by atoms with Crippen molar-refractivity contribution in [3.8, 4) is 0 Å². The van der Waals surface area contributed by atoms with Crippen LogP contribution < -0.4 is 0 Å². The van der Waals surface area contributed by atoms with Crippen molar-refractivity contribution < 1.29 is 0 Å². The molecule has 0 bridgehead atoms. The molecule has 0 aromatic carbocycles. The maximum atomic E-state index is 3.87. The first-order chi connectivity index (χ1) is 5.29. The third-order valence-electron chi connectivity index (χ3n) is 1.47. The number of nitrogens with zero attached hydrogens (tertiary/aromatic N) is 6. The van der Waals surface area contributed by atoms with E-state index in [0.29, 0.717) is 11.2 Å². The van der Waals surface area contributed by atoms with E-state index in [-0.39, 0.29) is 0 Å². The molecule has 0 fully saturated rings. The Kier molecular flexibility index (Phi) is 1.09. The summed E-state index contributed by atoms with van der Waals surface area (Å²) in [5.74, 6) is 0. The van der Waals surface area contributed by atoms with Crippen LogP contribution in [0.2, 0.25) is 0 Å². The predicted octanol–water partition coefficient (Wildman–Crippen LogP) is -0.538. The summed E-state index contributed by atoms with van der Waals surface area (Å²) in [7, 11) is 1.77. The molecule has 0 saturated carbocycles. The maximum Gasteiger partial charge on any atom is 0.204 e. The van der Waals surface area contributed by atoms with E-state index in [2.05, 4.69) is 25.7 Å². The molecular weight excluding hydrogens is 144 g/mol. The SMILES string of the molecule is Cc1nnnc2c1nnn2C. The minimum Gasteiger partial charge on any atom is -0.229 e. The Morgan fingerprint density at radius 3 is 2.73 bits per heavy atom. The Balaban J connectivity index is 2.94. The Bertz CT molecular complexity index is 391. The number of aryl methyl sites for hydroxylation is 2. The van der Waals surface area contributed by atoms with Crippen molar-refractivity contribution in [2.24, 2.45) is 7.05 Å². The highest BCUT2D eigenvalue weighted by Gasteiger charge is 2.05. The van der Waals surface area contributed by atoms with Gasteiger partial charge in [0.15, 0.2) is 5.52 Å². The molecule has 0 atom stereocenters. The van der Waals surface area contributed by atoms with Gasteiger partial charge in [0, 0.05) is 7.05 Å². The summed E-state index contributed by atoms with van der Waals surface area (Å²) >= 11 is 0. The summed E-state index contributed by atoms with van der Waals surface area (Å²) in [6.45, 7) is 1.83. The number of rotatable bonds is 0. The van der Waals surface area contributed by atoms with E-state index in [1.54, 1.807) is 11.7 Å². The molecule has 0 radical (unpaired) electrons. The van der Waals surface area contributed by atoms with Gasteiger partial charge in [-0.3, -0.25) is 0 Å². The van der Waals surface area contributed by atoms with E-state index in [9.17, 15) is 0 Å². The summed E-state index contributed by atoms with van der Waals surface area (Å²) in [5.41, 5.74) is 2.13. The highest BCUT2D eigenvalue weighted by Crippen LogP contribution is 2.06. The lowest BCUT2D eigenvalue weighted by molar-refractivity contribution is 0.721. The van der Waals surface area contributed by atoms with Crippen LogP contribution in [0.3, 0.4) is 0 Å². The normalized spacial score (nSPS) is 10.7. The molecule has 2 aromatic heterocycles. The molecule has 6 nitrogen and oxygen atoms in total. The fourth-order valence-corrected chi connectivity index (χ4v) is 0.878. The van der Waals surface area contributed by atoms with Gasteiger partial charge in [-0.1, -0.05) is 5.21 Å². The van der Waals surface area contributed by atoms with Crippen LogP contribution in [0.5, 0.6) is 0 Å². The summed E-state index contributed by atoms with van der Waals surface area (Å²) in [6, 6.07) is 0. The summed E-state index contributed by atoms with van der Waals surface area (Å²) in [5, 5.41) is 18.7. The molecule has 11 heavy (non-hydrogen) atoms. The molecule has 0 aliphatic heterocycles. The lowest BCUT2D eigenvalue weighted by atomic mass is 10.4. The standard InChI is InChI=1S/C5H6N6/c1-3-4-5(8-9-6-3)11(2)10-7-4/h1-2H3. The van der Waals surface area contributed by atoms with Crippen LogP contribution >= 0.6 is 0 Å². The summed E-state index contributed by atoms with van der Waals surface area (Å²) in [6.07, 6.45) is 0. The first-order valence-electron chi connectivity index (χ1n) is 3.14. The van der Waals surface area contributed by atoms with Gasteiger partial charge in [-0.25, -0.2) is 4.68 Å². The van der Waals surface area contributed by atoms with Crippen molar-refractivity contribution in [3.05, 3.63) is 5.69 Å². The summed E-state index contributed by atoms with van der Waals surface area (Å²) < 4.78 is 1.57. The highest BCUT2D eigenvalue weighted by molar-refractivity contribution is 5.70. The molecule has 0 saturated heterocycles. The Labute approximate surface area is 62.2 Å². The van der Waals surface area contributed by atoms with Gasteiger partial charge < -0.3 is 0 Å². The maximum absolute atomic E-state index is 3.87. The first kappa shape index (κ1) is 6.14. The average molecular weight is 150 g/mol. The lowest BCUT2D eigenvalue weighted by Gasteiger charge is -1.88. The van der Waals surface area contributed by atoms with Gasteiger partial charge in [-0.2, -0.15) is 0 Å². The first-order valence-corrected chi connectivity index (χ1v) is 3.14. The van der Waals surface area contributed by atoms with Crippen molar-refractivity contribution in [2.45, 2.75) is 6.92 Å². The van der Waals surface area contributed by atoms with Crippen LogP contribution in [-0.4, -0.2) is 30.4 Å².